The number of hydrogen-bond donors (Lipinski definition) is 0. The van der Waals surface area contributed by atoms with Crippen LogP contribution < -0.4 is 10.2 Å². The molecule has 0 N–H and O–H groups in total. The van der Waals surface area contributed by atoms with E-state index in [1.54, 1.807) is 36.4 Å². The lowest BCUT2D eigenvalue weighted by Gasteiger charge is -2.18. The minimum absolute atomic E-state index is 0.115. The Labute approximate surface area is 82.1 Å². The normalized spacial score (nSPS) is 10.0. The molecule has 0 atom stereocenters. The molecule has 70 valence electrons. The van der Waals surface area contributed by atoms with Crippen LogP contribution in [0.3, 0.4) is 0 Å². The zero-order valence-electron chi connectivity index (χ0n) is 7.44. The van der Waals surface area contributed by atoms with Crippen molar-refractivity contribution >= 4 is 0 Å². The predicted molar refractivity (Wildman–Crippen MR) is 50.8 cm³/mol. The summed E-state index contributed by atoms with van der Waals surface area (Å²) in [5.41, 5.74) is 0.941. The lowest BCUT2D eigenvalue weighted by Crippen LogP contribution is -1.96. The van der Waals surface area contributed by atoms with E-state index in [0.717, 1.165) is 0 Å². The highest BCUT2D eigenvalue weighted by molar-refractivity contribution is 5.74. The molecule has 0 unspecified atom stereocenters. The standard InChI is InChI=1S/C12H10O2/c13-11-7-3-1-5-9(11)10-6-2-4-8-12(10)14/h1-8,13-14H/p-2. The van der Waals surface area contributed by atoms with Crippen LogP contribution in [0.15, 0.2) is 48.5 Å². The molecule has 2 heteroatoms. The van der Waals surface area contributed by atoms with Gasteiger partial charge in [0.15, 0.2) is 0 Å². The van der Waals surface area contributed by atoms with Crippen molar-refractivity contribution in [3.63, 3.8) is 0 Å². The molecule has 2 nitrogen and oxygen atoms in total. The van der Waals surface area contributed by atoms with E-state index in [2.05, 4.69) is 0 Å². The van der Waals surface area contributed by atoms with Gasteiger partial charge in [-0.2, -0.15) is 0 Å². The molecule has 0 aliphatic carbocycles. The first-order chi connectivity index (χ1) is 6.79. The summed E-state index contributed by atoms with van der Waals surface area (Å²) in [6, 6.07) is 13.1. The third kappa shape index (κ3) is 1.42. The zero-order valence-corrected chi connectivity index (χ0v) is 7.44. The highest BCUT2D eigenvalue weighted by atomic mass is 16.3. The first-order valence-corrected chi connectivity index (χ1v) is 4.31. The second-order valence-corrected chi connectivity index (χ2v) is 2.99. The topological polar surface area (TPSA) is 46.1 Å². The first kappa shape index (κ1) is 8.63. The average Bonchev–Trinajstić information content (AvgIpc) is 2.20. The summed E-state index contributed by atoms with van der Waals surface area (Å²) in [6.45, 7) is 0. The van der Waals surface area contributed by atoms with Gasteiger partial charge in [-0.1, -0.05) is 48.5 Å². The van der Waals surface area contributed by atoms with Gasteiger partial charge >= 0.3 is 0 Å². The first-order valence-electron chi connectivity index (χ1n) is 4.31. The molecule has 0 amide bonds. The monoisotopic (exact) mass is 184 g/mol. The Morgan fingerprint density at radius 1 is 0.571 bits per heavy atom. The molecule has 0 aliphatic heterocycles. The summed E-state index contributed by atoms with van der Waals surface area (Å²) < 4.78 is 0. The molecule has 0 saturated carbocycles. The Morgan fingerprint density at radius 2 is 0.929 bits per heavy atom. The molecular weight excluding hydrogens is 176 g/mol. The van der Waals surface area contributed by atoms with E-state index in [0.29, 0.717) is 11.1 Å². The maximum absolute atomic E-state index is 11.4. The highest BCUT2D eigenvalue weighted by Crippen LogP contribution is 2.31. The molecule has 0 fully saturated rings. The minimum atomic E-state index is -0.115. The van der Waals surface area contributed by atoms with Crippen molar-refractivity contribution in [3.8, 4) is 22.6 Å². The summed E-state index contributed by atoms with van der Waals surface area (Å²) in [6.07, 6.45) is 0. The zero-order chi connectivity index (χ0) is 9.97. The van der Waals surface area contributed by atoms with E-state index in [-0.39, 0.29) is 11.5 Å². The van der Waals surface area contributed by atoms with E-state index in [1.165, 1.54) is 12.1 Å². The van der Waals surface area contributed by atoms with Crippen molar-refractivity contribution in [3.05, 3.63) is 48.5 Å². The van der Waals surface area contributed by atoms with Crippen molar-refractivity contribution in [1.29, 1.82) is 0 Å². The van der Waals surface area contributed by atoms with Crippen molar-refractivity contribution in [2.24, 2.45) is 0 Å². The number of para-hydroxylation sites is 2. The Kier molecular flexibility index (Phi) is 2.11. The summed E-state index contributed by atoms with van der Waals surface area (Å²) in [4.78, 5) is 0. The quantitative estimate of drug-likeness (QED) is 0.674. The van der Waals surface area contributed by atoms with Gasteiger partial charge in [-0.05, 0) is 11.1 Å². The van der Waals surface area contributed by atoms with E-state index in [9.17, 15) is 10.2 Å². The Balaban J connectivity index is 2.61. The third-order valence-electron chi connectivity index (χ3n) is 2.06. The molecule has 0 aromatic heterocycles. The van der Waals surface area contributed by atoms with E-state index < -0.39 is 0 Å². The Bertz CT molecular complexity index is 406. The van der Waals surface area contributed by atoms with Gasteiger partial charge in [0.25, 0.3) is 0 Å². The molecule has 2 aromatic carbocycles. The third-order valence-corrected chi connectivity index (χ3v) is 2.06. The predicted octanol–water partition coefficient (Wildman–Crippen LogP) is 1.50. The minimum Gasteiger partial charge on any atom is -0.872 e. The van der Waals surface area contributed by atoms with Crippen molar-refractivity contribution in [1.82, 2.24) is 0 Å². The van der Waals surface area contributed by atoms with E-state index in [1.807, 2.05) is 0 Å². The fourth-order valence-electron chi connectivity index (χ4n) is 1.38. The van der Waals surface area contributed by atoms with Gasteiger partial charge in [-0.3, -0.25) is 0 Å². The average molecular weight is 184 g/mol. The van der Waals surface area contributed by atoms with Crippen LogP contribution in [-0.2, 0) is 0 Å². The molecule has 0 bridgehead atoms. The van der Waals surface area contributed by atoms with Crippen LogP contribution in [0.5, 0.6) is 11.5 Å². The number of rotatable bonds is 1. The summed E-state index contributed by atoms with van der Waals surface area (Å²) in [5.74, 6) is -0.230. The molecular formula is C12H8O2-2. The van der Waals surface area contributed by atoms with Crippen LogP contribution in [0.2, 0.25) is 0 Å². The SMILES string of the molecule is [O-]c1ccccc1-c1ccccc1[O-]. The van der Waals surface area contributed by atoms with Crippen LogP contribution in [0.25, 0.3) is 11.1 Å². The highest BCUT2D eigenvalue weighted by Gasteiger charge is 1.97. The smallest absolute Gasteiger partial charge is 0.0269 e. The fraction of sp³-hybridized carbons (Fsp3) is 0. The van der Waals surface area contributed by atoms with Crippen molar-refractivity contribution in [2.45, 2.75) is 0 Å². The Hall–Kier alpha value is -1.96. The maximum Gasteiger partial charge on any atom is -0.0269 e. The van der Waals surface area contributed by atoms with Gasteiger partial charge < -0.3 is 10.2 Å². The Morgan fingerprint density at radius 3 is 1.29 bits per heavy atom. The van der Waals surface area contributed by atoms with Gasteiger partial charge in [0.1, 0.15) is 0 Å². The van der Waals surface area contributed by atoms with Gasteiger partial charge in [0, 0.05) is 0 Å². The molecule has 0 saturated heterocycles. The van der Waals surface area contributed by atoms with Gasteiger partial charge in [-0.25, -0.2) is 0 Å². The molecule has 0 radical (unpaired) electrons. The van der Waals surface area contributed by atoms with Crippen LogP contribution in [0.1, 0.15) is 0 Å². The molecule has 0 aliphatic rings. The van der Waals surface area contributed by atoms with Crippen LogP contribution in [0.4, 0.5) is 0 Å². The summed E-state index contributed by atoms with van der Waals surface area (Å²) >= 11 is 0. The van der Waals surface area contributed by atoms with Gasteiger partial charge in [-0.15, -0.1) is 11.5 Å². The fourth-order valence-corrected chi connectivity index (χ4v) is 1.38. The lowest BCUT2D eigenvalue weighted by molar-refractivity contribution is -0.270. The maximum atomic E-state index is 11.4. The second-order valence-electron chi connectivity index (χ2n) is 2.99. The molecule has 14 heavy (non-hydrogen) atoms. The summed E-state index contributed by atoms with van der Waals surface area (Å²) in [7, 11) is 0. The van der Waals surface area contributed by atoms with Crippen molar-refractivity contribution < 1.29 is 10.2 Å². The number of benzene rings is 2. The largest absolute Gasteiger partial charge is 0.872 e. The van der Waals surface area contributed by atoms with Crippen LogP contribution in [-0.4, -0.2) is 0 Å². The number of hydrogen-bond acceptors (Lipinski definition) is 2. The molecule has 0 spiro atoms. The van der Waals surface area contributed by atoms with Gasteiger partial charge in [0.2, 0.25) is 0 Å². The van der Waals surface area contributed by atoms with Crippen LogP contribution >= 0.6 is 0 Å². The van der Waals surface area contributed by atoms with Crippen molar-refractivity contribution in [2.75, 3.05) is 0 Å². The molecule has 2 rings (SSSR count). The molecule has 0 heterocycles. The van der Waals surface area contributed by atoms with Gasteiger partial charge in [0.05, 0.1) is 0 Å². The van der Waals surface area contributed by atoms with Crippen LogP contribution in [0, 0.1) is 0 Å². The second kappa shape index (κ2) is 3.42. The van der Waals surface area contributed by atoms with E-state index >= 15 is 0 Å². The molecule has 2 aromatic rings. The summed E-state index contributed by atoms with van der Waals surface area (Å²) in [5, 5.41) is 22.9. The lowest BCUT2D eigenvalue weighted by atomic mass is 10.0. The van der Waals surface area contributed by atoms with E-state index in [4.69, 9.17) is 0 Å².